The number of halogens is 3. The molecule has 0 spiro atoms. The Morgan fingerprint density at radius 2 is 1.88 bits per heavy atom. The van der Waals surface area contributed by atoms with E-state index in [9.17, 15) is 22.8 Å². The first-order chi connectivity index (χ1) is 15.7. The molecule has 10 nitrogen and oxygen atoms in total. The Kier molecular flexibility index (Phi) is 8.11. The largest absolute Gasteiger partial charge is 0.573 e. The van der Waals surface area contributed by atoms with Crippen LogP contribution in [0.4, 0.5) is 35.3 Å². The van der Waals surface area contributed by atoms with Crippen LogP contribution in [0.1, 0.15) is 12.8 Å². The Morgan fingerprint density at radius 3 is 2.55 bits per heavy atom. The van der Waals surface area contributed by atoms with E-state index >= 15 is 0 Å². The molecule has 0 radical (unpaired) electrons. The van der Waals surface area contributed by atoms with Crippen LogP contribution in [0.5, 0.6) is 5.75 Å². The summed E-state index contributed by atoms with van der Waals surface area (Å²) in [6.07, 6.45) is -1.53. The monoisotopic (exact) mass is 469 g/mol. The average molecular weight is 469 g/mol. The number of unbranched alkanes of at least 4 members (excludes halogenated alkanes) is 1. The van der Waals surface area contributed by atoms with Crippen molar-refractivity contribution >= 4 is 23.4 Å². The number of urea groups is 1. The van der Waals surface area contributed by atoms with Crippen molar-refractivity contribution in [1.82, 2.24) is 14.9 Å². The summed E-state index contributed by atoms with van der Waals surface area (Å²) in [5, 5.41) is 4.54. The SMILES string of the molecule is NCCCCN1CCN(c2cnc(NC(=O)Nc3ccccc3OC(F)(F)F)[nH]c2=O)CC1. The maximum Gasteiger partial charge on any atom is 0.573 e. The molecule has 0 aliphatic carbocycles. The number of alkyl halides is 3. The number of benzene rings is 1. The van der Waals surface area contributed by atoms with Crippen LogP contribution in [0.15, 0.2) is 35.3 Å². The minimum absolute atomic E-state index is 0.143. The van der Waals surface area contributed by atoms with E-state index in [2.05, 4.69) is 30.2 Å². The molecule has 1 aliphatic heterocycles. The van der Waals surface area contributed by atoms with Gasteiger partial charge < -0.3 is 20.7 Å². The summed E-state index contributed by atoms with van der Waals surface area (Å²) in [7, 11) is 0. The third-order valence-corrected chi connectivity index (χ3v) is 5.01. The number of nitrogens with two attached hydrogens (primary N) is 1. The van der Waals surface area contributed by atoms with Crippen molar-refractivity contribution in [3.63, 3.8) is 0 Å². The lowest BCUT2D eigenvalue weighted by Gasteiger charge is -2.35. The van der Waals surface area contributed by atoms with Crippen LogP contribution in [-0.4, -0.2) is 66.5 Å². The summed E-state index contributed by atoms with van der Waals surface area (Å²) in [5.74, 6) is -0.713. The normalized spacial score (nSPS) is 14.7. The maximum atomic E-state index is 12.5. The number of nitrogens with zero attached hydrogens (tertiary/aromatic N) is 3. The Bertz CT molecular complexity index is 991. The second kappa shape index (κ2) is 11.0. The number of amides is 2. The zero-order chi connectivity index (χ0) is 23.8. The van der Waals surface area contributed by atoms with E-state index in [4.69, 9.17) is 5.73 Å². The van der Waals surface area contributed by atoms with Gasteiger partial charge in [-0.05, 0) is 38.1 Å². The van der Waals surface area contributed by atoms with E-state index < -0.39 is 23.7 Å². The number of carbonyl (C=O) groups excluding carboxylic acids is 1. The zero-order valence-electron chi connectivity index (χ0n) is 17.8. The Balaban J connectivity index is 1.57. The lowest BCUT2D eigenvalue weighted by molar-refractivity contribution is -0.274. The number of carbonyl (C=O) groups is 1. The number of ether oxygens (including phenoxy) is 1. The van der Waals surface area contributed by atoms with E-state index in [0.717, 1.165) is 38.5 Å². The van der Waals surface area contributed by atoms with Gasteiger partial charge in [0.2, 0.25) is 5.95 Å². The number of para-hydroxylation sites is 2. The molecule has 1 aromatic heterocycles. The maximum absolute atomic E-state index is 12.5. The summed E-state index contributed by atoms with van der Waals surface area (Å²) in [6.45, 7) is 4.59. The van der Waals surface area contributed by atoms with Crippen LogP contribution in [0.2, 0.25) is 0 Å². The van der Waals surface area contributed by atoms with Gasteiger partial charge in [0, 0.05) is 26.2 Å². The Labute approximate surface area is 187 Å². The fourth-order valence-corrected chi connectivity index (χ4v) is 3.41. The summed E-state index contributed by atoms with van der Waals surface area (Å²) in [4.78, 5) is 35.5. The molecule has 0 bridgehead atoms. The van der Waals surface area contributed by atoms with Gasteiger partial charge >= 0.3 is 12.4 Å². The molecule has 1 saturated heterocycles. The molecule has 1 fully saturated rings. The molecule has 2 aromatic rings. The van der Waals surface area contributed by atoms with E-state index in [1.807, 2.05) is 4.90 Å². The van der Waals surface area contributed by atoms with Crippen molar-refractivity contribution in [3.8, 4) is 5.75 Å². The van der Waals surface area contributed by atoms with Gasteiger partial charge in [0.15, 0.2) is 5.75 Å². The molecule has 5 N–H and O–H groups in total. The second-order valence-electron chi connectivity index (χ2n) is 7.39. The molecule has 3 rings (SSSR count). The van der Waals surface area contributed by atoms with E-state index in [0.29, 0.717) is 25.3 Å². The molecule has 1 aliphatic rings. The van der Waals surface area contributed by atoms with E-state index in [-0.39, 0.29) is 11.6 Å². The Morgan fingerprint density at radius 1 is 1.15 bits per heavy atom. The summed E-state index contributed by atoms with van der Waals surface area (Å²) in [5.41, 5.74) is 5.27. The first kappa shape index (κ1) is 24.3. The average Bonchev–Trinajstić information content (AvgIpc) is 2.75. The third kappa shape index (κ3) is 7.36. The van der Waals surface area contributed by atoms with E-state index in [1.54, 1.807) is 0 Å². The number of hydrogen-bond acceptors (Lipinski definition) is 7. The van der Waals surface area contributed by atoms with Gasteiger partial charge in [-0.15, -0.1) is 13.2 Å². The number of piperazine rings is 1. The first-order valence-electron chi connectivity index (χ1n) is 10.4. The van der Waals surface area contributed by atoms with Crippen LogP contribution < -0.4 is 31.6 Å². The predicted molar refractivity (Wildman–Crippen MR) is 118 cm³/mol. The number of rotatable bonds is 8. The molecule has 180 valence electrons. The molecule has 2 heterocycles. The molecule has 0 unspecified atom stereocenters. The van der Waals surface area contributed by atoms with Crippen LogP contribution in [0, 0.1) is 0 Å². The molecular weight excluding hydrogens is 443 g/mol. The number of nitrogens with one attached hydrogen (secondary N) is 3. The highest BCUT2D eigenvalue weighted by atomic mass is 19.4. The highest BCUT2D eigenvalue weighted by Crippen LogP contribution is 2.29. The number of aromatic amines is 1. The van der Waals surface area contributed by atoms with Gasteiger partial charge in [0.05, 0.1) is 11.9 Å². The summed E-state index contributed by atoms with van der Waals surface area (Å²) in [6, 6.07) is 4.19. The predicted octanol–water partition coefficient (Wildman–Crippen LogP) is 2.17. The Hall–Kier alpha value is -3.32. The van der Waals surface area contributed by atoms with Crippen LogP contribution >= 0.6 is 0 Å². The zero-order valence-corrected chi connectivity index (χ0v) is 17.8. The number of anilines is 3. The van der Waals surface area contributed by atoms with Crippen LogP contribution in [-0.2, 0) is 0 Å². The molecule has 1 aromatic carbocycles. The smallest absolute Gasteiger partial charge is 0.404 e. The first-order valence-corrected chi connectivity index (χ1v) is 10.4. The minimum atomic E-state index is -4.91. The van der Waals surface area contributed by atoms with Crippen molar-refractivity contribution in [3.05, 3.63) is 40.8 Å². The van der Waals surface area contributed by atoms with Gasteiger partial charge in [0.25, 0.3) is 5.56 Å². The minimum Gasteiger partial charge on any atom is -0.404 e. The molecule has 33 heavy (non-hydrogen) atoms. The lowest BCUT2D eigenvalue weighted by atomic mass is 10.2. The molecule has 13 heteroatoms. The number of aromatic nitrogens is 2. The van der Waals surface area contributed by atoms with Crippen LogP contribution in [0.3, 0.4) is 0 Å². The number of hydrogen-bond donors (Lipinski definition) is 4. The second-order valence-corrected chi connectivity index (χ2v) is 7.39. The topological polar surface area (TPSA) is 129 Å². The summed E-state index contributed by atoms with van der Waals surface area (Å²) >= 11 is 0. The summed E-state index contributed by atoms with van der Waals surface area (Å²) < 4.78 is 41.5. The number of H-pyrrole nitrogens is 1. The highest BCUT2D eigenvalue weighted by Gasteiger charge is 2.32. The van der Waals surface area contributed by atoms with Crippen molar-refractivity contribution in [2.45, 2.75) is 19.2 Å². The van der Waals surface area contributed by atoms with Crippen molar-refractivity contribution in [2.24, 2.45) is 5.73 Å². The van der Waals surface area contributed by atoms with Gasteiger partial charge in [-0.25, -0.2) is 9.78 Å². The van der Waals surface area contributed by atoms with Crippen molar-refractivity contribution in [1.29, 1.82) is 0 Å². The lowest BCUT2D eigenvalue weighted by Crippen LogP contribution is -2.48. The standard InChI is InChI=1S/C20H26F3N7O3/c21-20(22,23)33-16-6-2-1-5-14(16)26-19(32)28-18-25-13-15(17(31)27-18)30-11-9-29(10-12-30)8-4-3-7-24/h1-2,5-6,13H,3-4,7-12,24H2,(H3,25,26,27,28,31,32). The van der Waals surface area contributed by atoms with Gasteiger partial charge in [0.1, 0.15) is 5.69 Å². The third-order valence-electron chi connectivity index (χ3n) is 5.01. The fraction of sp³-hybridized carbons (Fsp3) is 0.450. The van der Waals surface area contributed by atoms with Gasteiger partial charge in [-0.2, -0.15) is 0 Å². The molecular formula is C20H26F3N7O3. The molecule has 0 saturated carbocycles. The molecule has 0 atom stereocenters. The fourth-order valence-electron chi connectivity index (χ4n) is 3.41. The van der Waals surface area contributed by atoms with Crippen molar-refractivity contribution < 1.29 is 22.7 Å². The van der Waals surface area contributed by atoms with Gasteiger partial charge in [-0.3, -0.25) is 20.0 Å². The van der Waals surface area contributed by atoms with Crippen molar-refractivity contribution in [2.75, 3.05) is 54.8 Å². The van der Waals surface area contributed by atoms with Crippen LogP contribution in [0.25, 0.3) is 0 Å². The molecule has 2 amide bonds. The quantitative estimate of drug-likeness (QED) is 0.436. The van der Waals surface area contributed by atoms with Gasteiger partial charge in [-0.1, -0.05) is 12.1 Å². The highest BCUT2D eigenvalue weighted by molar-refractivity contribution is 5.99. The van der Waals surface area contributed by atoms with E-state index in [1.165, 1.54) is 24.4 Å².